The molecule has 0 aliphatic heterocycles. The van der Waals surface area contributed by atoms with E-state index in [1.54, 1.807) is 32.4 Å². The fourth-order valence-electron chi connectivity index (χ4n) is 1.57. The van der Waals surface area contributed by atoms with Crippen LogP contribution in [0.25, 0.3) is 0 Å². The van der Waals surface area contributed by atoms with Gasteiger partial charge in [0.1, 0.15) is 11.5 Å². The van der Waals surface area contributed by atoms with Crippen LogP contribution in [-0.2, 0) is 16.6 Å². The molecule has 0 spiro atoms. The monoisotopic (exact) mass is 287 g/mol. The molecule has 0 aliphatic rings. The van der Waals surface area contributed by atoms with Gasteiger partial charge in [-0.15, -0.1) is 0 Å². The van der Waals surface area contributed by atoms with Gasteiger partial charge in [-0.2, -0.15) is 0 Å². The van der Waals surface area contributed by atoms with Crippen LogP contribution < -0.4 is 14.2 Å². The molecule has 0 fully saturated rings. The van der Waals surface area contributed by atoms with E-state index in [2.05, 4.69) is 4.72 Å². The lowest BCUT2D eigenvalue weighted by Gasteiger charge is -2.10. The minimum atomic E-state index is -3.21. The number of sulfonamides is 1. The number of unbranched alkanes of at least 4 members (excludes halogenated alkanes) is 1. The van der Waals surface area contributed by atoms with Crippen molar-refractivity contribution in [3.8, 4) is 11.5 Å². The summed E-state index contributed by atoms with van der Waals surface area (Å²) in [6, 6.07) is 5.31. The molecule has 108 valence electrons. The van der Waals surface area contributed by atoms with Gasteiger partial charge in [-0.3, -0.25) is 0 Å². The first kappa shape index (κ1) is 15.8. The molecule has 0 saturated heterocycles. The van der Waals surface area contributed by atoms with Gasteiger partial charge >= 0.3 is 0 Å². The van der Waals surface area contributed by atoms with Crippen molar-refractivity contribution < 1.29 is 17.9 Å². The number of hydrogen-bond acceptors (Lipinski definition) is 4. The quantitative estimate of drug-likeness (QED) is 0.793. The van der Waals surface area contributed by atoms with Crippen LogP contribution in [0.3, 0.4) is 0 Å². The van der Waals surface area contributed by atoms with E-state index in [1.807, 2.05) is 6.92 Å². The van der Waals surface area contributed by atoms with Crippen LogP contribution in [0.5, 0.6) is 11.5 Å². The van der Waals surface area contributed by atoms with Crippen LogP contribution in [0, 0.1) is 0 Å². The second-order valence-electron chi connectivity index (χ2n) is 4.21. The Morgan fingerprint density at radius 2 is 1.68 bits per heavy atom. The SMILES string of the molecule is CCCCS(=O)(=O)NCc1cc(OC)cc(OC)c1. The van der Waals surface area contributed by atoms with Gasteiger partial charge in [0.25, 0.3) is 0 Å². The van der Waals surface area contributed by atoms with E-state index in [4.69, 9.17) is 9.47 Å². The molecule has 6 heteroatoms. The second-order valence-corrected chi connectivity index (χ2v) is 6.14. The largest absolute Gasteiger partial charge is 0.497 e. The van der Waals surface area contributed by atoms with E-state index in [-0.39, 0.29) is 12.3 Å². The average Bonchev–Trinajstić information content (AvgIpc) is 2.42. The van der Waals surface area contributed by atoms with Crippen molar-refractivity contribution in [1.29, 1.82) is 0 Å². The Morgan fingerprint density at radius 3 is 2.16 bits per heavy atom. The van der Waals surface area contributed by atoms with Crippen molar-refractivity contribution in [3.63, 3.8) is 0 Å². The summed E-state index contributed by atoms with van der Waals surface area (Å²) < 4.78 is 36.2. The Morgan fingerprint density at radius 1 is 1.11 bits per heavy atom. The Hall–Kier alpha value is -1.27. The van der Waals surface area contributed by atoms with Gasteiger partial charge in [-0.1, -0.05) is 13.3 Å². The molecule has 0 heterocycles. The molecule has 0 unspecified atom stereocenters. The molecule has 1 rings (SSSR count). The lowest BCUT2D eigenvalue weighted by Crippen LogP contribution is -2.25. The fraction of sp³-hybridized carbons (Fsp3) is 0.538. The predicted octanol–water partition coefficient (Wildman–Crippen LogP) is 1.92. The first-order valence-corrected chi connectivity index (χ1v) is 7.85. The Labute approximate surface area is 115 Å². The molecule has 0 radical (unpaired) electrons. The molecular formula is C13H21NO4S. The maximum atomic E-state index is 11.7. The third-order valence-electron chi connectivity index (χ3n) is 2.67. The highest BCUT2D eigenvalue weighted by atomic mass is 32.2. The van der Waals surface area contributed by atoms with E-state index in [0.29, 0.717) is 17.9 Å². The lowest BCUT2D eigenvalue weighted by molar-refractivity contribution is 0.393. The van der Waals surface area contributed by atoms with Crippen LogP contribution in [0.2, 0.25) is 0 Å². The van der Waals surface area contributed by atoms with E-state index < -0.39 is 10.0 Å². The molecule has 0 bridgehead atoms. The summed E-state index contributed by atoms with van der Waals surface area (Å²) in [5, 5.41) is 0. The standard InChI is InChI=1S/C13H21NO4S/c1-4-5-6-19(15,16)14-10-11-7-12(17-2)9-13(8-11)18-3/h7-9,14H,4-6,10H2,1-3H3. The Bertz CT molecular complexity index is 477. The van der Waals surface area contributed by atoms with Gasteiger partial charge in [0.15, 0.2) is 0 Å². The van der Waals surface area contributed by atoms with Crippen LogP contribution in [0.15, 0.2) is 18.2 Å². The van der Waals surface area contributed by atoms with Gasteiger partial charge in [0.2, 0.25) is 10.0 Å². The van der Waals surface area contributed by atoms with Crippen molar-refractivity contribution in [2.45, 2.75) is 26.3 Å². The van der Waals surface area contributed by atoms with E-state index in [9.17, 15) is 8.42 Å². The maximum Gasteiger partial charge on any atom is 0.211 e. The second kappa shape index (κ2) is 7.35. The Kier molecular flexibility index (Phi) is 6.11. The smallest absolute Gasteiger partial charge is 0.211 e. The number of ether oxygens (including phenoxy) is 2. The maximum absolute atomic E-state index is 11.7. The van der Waals surface area contributed by atoms with Crippen LogP contribution in [-0.4, -0.2) is 28.4 Å². The molecule has 1 aromatic rings. The molecule has 1 aromatic carbocycles. The van der Waals surface area contributed by atoms with E-state index >= 15 is 0 Å². The summed E-state index contributed by atoms with van der Waals surface area (Å²) in [6.45, 7) is 2.20. The number of rotatable bonds is 8. The zero-order valence-electron chi connectivity index (χ0n) is 11.6. The summed E-state index contributed by atoms with van der Waals surface area (Å²) in [5.41, 5.74) is 0.802. The molecule has 19 heavy (non-hydrogen) atoms. The van der Waals surface area contributed by atoms with Gasteiger partial charge in [0.05, 0.1) is 20.0 Å². The van der Waals surface area contributed by atoms with Gasteiger partial charge in [0, 0.05) is 12.6 Å². The summed E-state index contributed by atoms with van der Waals surface area (Å²) in [4.78, 5) is 0. The van der Waals surface area contributed by atoms with Crippen molar-refractivity contribution in [3.05, 3.63) is 23.8 Å². The number of nitrogens with one attached hydrogen (secondary N) is 1. The zero-order valence-corrected chi connectivity index (χ0v) is 12.4. The minimum Gasteiger partial charge on any atom is -0.497 e. The van der Waals surface area contributed by atoms with Gasteiger partial charge < -0.3 is 9.47 Å². The molecular weight excluding hydrogens is 266 g/mol. The summed E-state index contributed by atoms with van der Waals surface area (Å²) >= 11 is 0. The van der Waals surface area contributed by atoms with Crippen LogP contribution in [0.1, 0.15) is 25.3 Å². The molecule has 0 atom stereocenters. The summed E-state index contributed by atoms with van der Waals surface area (Å²) in [5.74, 6) is 1.44. The van der Waals surface area contributed by atoms with Crippen molar-refractivity contribution in [2.75, 3.05) is 20.0 Å². The van der Waals surface area contributed by atoms with Gasteiger partial charge in [-0.25, -0.2) is 13.1 Å². The molecule has 5 nitrogen and oxygen atoms in total. The average molecular weight is 287 g/mol. The molecule has 0 aromatic heterocycles. The topological polar surface area (TPSA) is 64.6 Å². The molecule has 0 saturated carbocycles. The molecule has 0 aliphatic carbocycles. The van der Waals surface area contributed by atoms with Crippen molar-refractivity contribution >= 4 is 10.0 Å². The lowest BCUT2D eigenvalue weighted by atomic mass is 10.2. The number of hydrogen-bond donors (Lipinski definition) is 1. The highest BCUT2D eigenvalue weighted by Crippen LogP contribution is 2.22. The van der Waals surface area contributed by atoms with Gasteiger partial charge in [-0.05, 0) is 24.1 Å². The van der Waals surface area contributed by atoms with E-state index in [0.717, 1.165) is 12.0 Å². The minimum absolute atomic E-state index is 0.157. The van der Waals surface area contributed by atoms with Crippen molar-refractivity contribution in [1.82, 2.24) is 4.72 Å². The predicted molar refractivity (Wildman–Crippen MR) is 75.1 cm³/mol. The fourth-order valence-corrected chi connectivity index (χ4v) is 2.77. The highest BCUT2D eigenvalue weighted by molar-refractivity contribution is 7.89. The van der Waals surface area contributed by atoms with Crippen LogP contribution in [0.4, 0.5) is 0 Å². The third-order valence-corrected chi connectivity index (χ3v) is 4.08. The normalized spacial score (nSPS) is 11.3. The van der Waals surface area contributed by atoms with E-state index in [1.165, 1.54) is 0 Å². The first-order valence-electron chi connectivity index (χ1n) is 6.20. The first-order chi connectivity index (χ1) is 9.00. The highest BCUT2D eigenvalue weighted by Gasteiger charge is 2.10. The third kappa shape index (κ3) is 5.48. The number of benzene rings is 1. The summed E-state index contributed by atoms with van der Waals surface area (Å²) in [6.07, 6.45) is 1.52. The Balaban J connectivity index is 2.71. The number of methoxy groups -OCH3 is 2. The summed E-state index contributed by atoms with van der Waals surface area (Å²) in [7, 11) is -0.0937. The zero-order chi connectivity index (χ0) is 14.3. The van der Waals surface area contributed by atoms with Crippen molar-refractivity contribution in [2.24, 2.45) is 0 Å². The van der Waals surface area contributed by atoms with Crippen LogP contribution >= 0.6 is 0 Å². The molecule has 1 N–H and O–H groups in total. The molecule has 0 amide bonds.